The molecule has 0 aliphatic carbocycles. The van der Waals surface area contributed by atoms with E-state index >= 15 is 0 Å². The third-order valence-electron chi connectivity index (χ3n) is 2.08. The average molecular weight is 159 g/mol. The molecule has 0 saturated carbocycles. The van der Waals surface area contributed by atoms with Gasteiger partial charge >= 0.3 is 0 Å². The molecule has 0 aromatic carbocycles. The number of hydrogen-bond donors (Lipinski definition) is 2. The van der Waals surface area contributed by atoms with Gasteiger partial charge in [0.2, 0.25) is 0 Å². The van der Waals surface area contributed by atoms with E-state index in [1.54, 1.807) is 7.11 Å². The summed E-state index contributed by atoms with van der Waals surface area (Å²) in [6, 6.07) is 0.514. The van der Waals surface area contributed by atoms with Crippen molar-refractivity contribution in [3.8, 4) is 0 Å². The van der Waals surface area contributed by atoms with E-state index in [4.69, 9.17) is 4.74 Å². The van der Waals surface area contributed by atoms with Crippen molar-refractivity contribution in [2.24, 2.45) is 0 Å². The molecule has 1 fully saturated rings. The highest BCUT2D eigenvalue weighted by atomic mass is 16.5. The highest BCUT2D eigenvalue weighted by Gasteiger charge is 2.17. The first-order chi connectivity index (χ1) is 5.33. The van der Waals surface area contributed by atoms with E-state index in [1.165, 1.54) is 12.8 Å². The molecular weight excluding hydrogens is 142 g/mol. The minimum Gasteiger partial charge on any atom is -0.391 e. The molecule has 1 aliphatic rings. The molecule has 0 aromatic rings. The fraction of sp³-hybridized carbons (Fsp3) is 1.00. The van der Waals surface area contributed by atoms with Crippen molar-refractivity contribution in [3.05, 3.63) is 0 Å². The van der Waals surface area contributed by atoms with E-state index in [0.29, 0.717) is 12.6 Å². The quantitative estimate of drug-likeness (QED) is 0.613. The van der Waals surface area contributed by atoms with Crippen molar-refractivity contribution in [1.82, 2.24) is 5.32 Å². The second-order valence-electron chi connectivity index (χ2n) is 3.14. The number of rotatable bonds is 4. The lowest BCUT2D eigenvalue weighted by molar-refractivity contribution is 0.0537. The summed E-state index contributed by atoms with van der Waals surface area (Å²) in [5.74, 6) is 0. The standard InChI is InChI=1S/C8H17NO2/c1-11-6-8(10)5-7-3-2-4-9-7/h7-10H,2-6H2,1H3/t7?,8-/m1/s1. The summed E-state index contributed by atoms with van der Waals surface area (Å²) in [5, 5.41) is 12.7. The van der Waals surface area contributed by atoms with E-state index in [-0.39, 0.29) is 6.10 Å². The molecular formula is C8H17NO2. The fourth-order valence-corrected chi connectivity index (χ4v) is 1.55. The normalized spacial score (nSPS) is 27.3. The van der Waals surface area contributed by atoms with Crippen LogP contribution < -0.4 is 5.32 Å². The van der Waals surface area contributed by atoms with Crippen LogP contribution in [-0.4, -0.2) is 37.5 Å². The lowest BCUT2D eigenvalue weighted by Crippen LogP contribution is -2.28. The lowest BCUT2D eigenvalue weighted by Gasteiger charge is -2.14. The van der Waals surface area contributed by atoms with Crippen LogP contribution in [0.2, 0.25) is 0 Å². The molecule has 2 atom stereocenters. The zero-order valence-electron chi connectivity index (χ0n) is 7.05. The molecule has 0 aromatic heterocycles. The van der Waals surface area contributed by atoms with Crippen molar-refractivity contribution < 1.29 is 9.84 Å². The van der Waals surface area contributed by atoms with Crippen LogP contribution in [0.15, 0.2) is 0 Å². The molecule has 1 aliphatic heterocycles. The van der Waals surface area contributed by atoms with Gasteiger partial charge in [-0.05, 0) is 25.8 Å². The van der Waals surface area contributed by atoms with Crippen molar-refractivity contribution in [2.45, 2.75) is 31.4 Å². The molecule has 3 heteroatoms. The van der Waals surface area contributed by atoms with Crippen molar-refractivity contribution in [3.63, 3.8) is 0 Å². The van der Waals surface area contributed by atoms with Gasteiger partial charge < -0.3 is 15.2 Å². The average Bonchev–Trinajstić information content (AvgIpc) is 2.40. The summed E-state index contributed by atoms with van der Waals surface area (Å²) in [4.78, 5) is 0. The SMILES string of the molecule is COC[C@H](O)CC1CCCN1. The van der Waals surface area contributed by atoms with E-state index < -0.39 is 0 Å². The Morgan fingerprint density at radius 3 is 3.09 bits per heavy atom. The van der Waals surface area contributed by atoms with Crippen molar-refractivity contribution in [1.29, 1.82) is 0 Å². The van der Waals surface area contributed by atoms with Crippen LogP contribution in [0.5, 0.6) is 0 Å². The Kier molecular flexibility index (Phi) is 3.83. The summed E-state index contributed by atoms with van der Waals surface area (Å²) in [6.45, 7) is 1.56. The van der Waals surface area contributed by atoms with Gasteiger partial charge in [-0.15, -0.1) is 0 Å². The molecule has 1 unspecified atom stereocenters. The molecule has 0 amide bonds. The number of hydrogen-bond acceptors (Lipinski definition) is 3. The van der Waals surface area contributed by atoms with Crippen LogP contribution >= 0.6 is 0 Å². The van der Waals surface area contributed by atoms with E-state index in [2.05, 4.69) is 5.32 Å². The van der Waals surface area contributed by atoms with Gasteiger partial charge in [0.25, 0.3) is 0 Å². The molecule has 0 radical (unpaired) electrons. The smallest absolute Gasteiger partial charge is 0.0788 e. The number of methoxy groups -OCH3 is 1. The highest BCUT2D eigenvalue weighted by Crippen LogP contribution is 2.10. The van der Waals surface area contributed by atoms with Crippen LogP contribution in [0.25, 0.3) is 0 Å². The molecule has 2 N–H and O–H groups in total. The molecule has 1 saturated heterocycles. The van der Waals surface area contributed by atoms with Gasteiger partial charge in [0.05, 0.1) is 12.7 Å². The topological polar surface area (TPSA) is 41.5 Å². The first-order valence-electron chi connectivity index (χ1n) is 4.23. The Bertz CT molecular complexity index is 102. The number of ether oxygens (including phenoxy) is 1. The van der Waals surface area contributed by atoms with Crippen LogP contribution in [0.4, 0.5) is 0 Å². The Hall–Kier alpha value is -0.120. The molecule has 3 nitrogen and oxygen atoms in total. The first kappa shape index (κ1) is 8.97. The molecule has 0 spiro atoms. The summed E-state index contributed by atoms with van der Waals surface area (Å²) in [7, 11) is 1.62. The summed E-state index contributed by atoms with van der Waals surface area (Å²) in [5.41, 5.74) is 0. The Morgan fingerprint density at radius 1 is 1.73 bits per heavy atom. The van der Waals surface area contributed by atoms with Crippen LogP contribution in [0, 0.1) is 0 Å². The maximum atomic E-state index is 9.34. The Labute approximate surface area is 67.7 Å². The first-order valence-corrected chi connectivity index (χ1v) is 4.23. The second-order valence-corrected chi connectivity index (χ2v) is 3.14. The van der Waals surface area contributed by atoms with Crippen LogP contribution in [0.3, 0.4) is 0 Å². The minimum atomic E-state index is -0.296. The Morgan fingerprint density at radius 2 is 2.55 bits per heavy atom. The molecule has 1 rings (SSSR count). The van der Waals surface area contributed by atoms with Crippen LogP contribution in [0.1, 0.15) is 19.3 Å². The van der Waals surface area contributed by atoms with E-state index in [0.717, 1.165) is 13.0 Å². The van der Waals surface area contributed by atoms with Gasteiger partial charge in [-0.1, -0.05) is 0 Å². The van der Waals surface area contributed by atoms with Gasteiger partial charge in [-0.3, -0.25) is 0 Å². The maximum Gasteiger partial charge on any atom is 0.0788 e. The van der Waals surface area contributed by atoms with Gasteiger partial charge in [-0.25, -0.2) is 0 Å². The van der Waals surface area contributed by atoms with Gasteiger partial charge in [-0.2, -0.15) is 0 Å². The fourth-order valence-electron chi connectivity index (χ4n) is 1.55. The molecule has 66 valence electrons. The summed E-state index contributed by atoms with van der Waals surface area (Å²) >= 11 is 0. The Balaban J connectivity index is 2.08. The number of nitrogens with one attached hydrogen (secondary N) is 1. The third kappa shape index (κ3) is 3.18. The largest absolute Gasteiger partial charge is 0.391 e. The third-order valence-corrected chi connectivity index (χ3v) is 2.08. The van der Waals surface area contributed by atoms with Crippen LogP contribution in [-0.2, 0) is 4.74 Å². The minimum absolute atomic E-state index is 0.296. The van der Waals surface area contributed by atoms with Gasteiger partial charge in [0.1, 0.15) is 0 Å². The zero-order chi connectivity index (χ0) is 8.10. The number of aliphatic hydroxyl groups excluding tert-OH is 1. The summed E-state index contributed by atoms with van der Waals surface area (Å²) < 4.78 is 4.84. The predicted octanol–water partition coefficient (Wildman–Crippen LogP) is 0.136. The lowest BCUT2D eigenvalue weighted by atomic mass is 10.1. The predicted molar refractivity (Wildman–Crippen MR) is 43.5 cm³/mol. The maximum absolute atomic E-state index is 9.34. The van der Waals surface area contributed by atoms with Gasteiger partial charge in [0.15, 0.2) is 0 Å². The monoisotopic (exact) mass is 159 g/mol. The van der Waals surface area contributed by atoms with E-state index in [1.807, 2.05) is 0 Å². The molecule has 1 heterocycles. The highest BCUT2D eigenvalue weighted by molar-refractivity contribution is 4.76. The van der Waals surface area contributed by atoms with Crippen molar-refractivity contribution >= 4 is 0 Å². The molecule has 0 bridgehead atoms. The van der Waals surface area contributed by atoms with E-state index in [9.17, 15) is 5.11 Å². The van der Waals surface area contributed by atoms with Crippen molar-refractivity contribution in [2.75, 3.05) is 20.3 Å². The number of aliphatic hydroxyl groups is 1. The molecule has 11 heavy (non-hydrogen) atoms. The zero-order valence-corrected chi connectivity index (χ0v) is 7.05. The second kappa shape index (κ2) is 4.70. The van der Waals surface area contributed by atoms with Gasteiger partial charge in [0, 0.05) is 13.2 Å². The summed E-state index contributed by atoms with van der Waals surface area (Å²) in [6.07, 6.45) is 2.97.